The van der Waals surface area contributed by atoms with Gasteiger partial charge in [-0.15, -0.1) is 0 Å². The van der Waals surface area contributed by atoms with E-state index >= 15 is 0 Å². The van der Waals surface area contributed by atoms with E-state index < -0.39 is 0 Å². The second-order valence-electron chi connectivity index (χ2n) is 3.09. The molecule has 1 heteroatoms. The molecule has 0 aliphatic heterocycles. The maximum atomic E-state index is 3.88. The van der Waals surface area contributed by atoms with Crippen LogP contribution in [0.2, 0.25) is 0 Å². The molecule has 0 aromatic heterocycles. The molecule has 0 atom stereocenters. The summed E-state index contributed by atoms with van der Waals surface area (Å²) in [5, 5.41) is 0. The summed E-state index contributed by atoms with van der Waals surface area (Å²) in [6.45, 7) is 9.58. The topological polar surface area (TPSA) is 3.24 Å². The SMILES string of the molecule is C=Cc1ccc(N(C)C(=C)C)cc1. The Morgan fingerprint density at radius 2 is 1.85 bits per heavy atom. The second kappa shape index (κ2) is 3.94. The Balaban J connectivity index is 2.91. The van der Waals surface area contributed by atoms with Crippen LogP contribution in [0.3, 0.4) is 0 Å². The van der Waals surface area contributed by atoms with Gasteiger partial charge in [0, 0.05) is 18.4 Å². The molecule has 68 valence electrons. The fourth-order valence-corrected chi connectivity index (χ4v) is 1.05. The average Bonchev–Trinajstić information content (AvgIpc) is 2.17. The second-order valence-corrected chi connectivity index (χ2v) is 3.09. The van der Waals surface area contributed by atoms with Gasteiger partial charge in [0.2, 0.25) is 0 Å². The summed E-state index contributed by atoms with van der Waals surface area (Å²) in [5.74, 6) is 0. The Hall–Kier alpha value is -1.50. The largest absolute Gasteiger partial charge is 0.349 e. The summed E-state index contributed by atoms with van der Waals surface area (Å²) in [6, 6.07) is 8.21. The van der Waals surface area contributed by atoms with E-state index in [2.05, 4.69) is 25.3 Å². The van der Waals surface area contributed by atoms with Crippen molar-refractivity contribution in [2.45, 2.75) is 6.92 Å². The van der Waals surface area contributed by atoms with E-state index in [1.807, 2.05) is 37.1 Å². The van der Waals surface area contributed by atoms with Crippen molar-refractivity contribution < 1.29 is 0 Å². The first-order chi connectivity index (χ1) is 6.15. The molecule has 0 spiro atoms. The summed E-state index contributed by atoms with van der Waals surface area (Å²) in [5.41, 5.74) is 3.32. The molecule has 0 heterocycles. The van der Waals surface area contributed by atoms with E-state index in [1.165, 1.54) is 0 Å². The van der Waals surface area contributed by atoms with E-state index in [9.17, 15) is 0 Å². The van der Waals surface area contributed by atoms with Gasteiger partial charge >= 0.3 is 0 Å². The molecular weight excluding hydrogens is 158 g/mol. The van der Waals surface area contributed by atoms with Crippen LogP contribution in [0.4, 0.5) is 5.69 Å². The molecular formula is C12H15N. The number of anilines is 1. The van der Waals surface area contributed by atoms with Crippen LogP contribution >= 0.6 is 0 Å². The third-order valence-corrected chi connectivity index (χ3v) is 2.09. The molecule has 0 unspecified atom stereocenters. The van der Waals surface area contributed by atoms with E-state index in [1.54, 1.807) is 0 Å². The summed E-state index contributed by atoms with van der Waals surface area (Å²) < 4.78 is 0. The van der Waals surface area contributed by atoms with Gasteiger partial charge in [-0.25, -0.2) is 0 Å². The van der Waals surface area contributed by atoms with E-state index in [4.69, 9.17) is 0 Å². The van der Waals surface area contributed by atoms with Crippen molar-refractivity contribution in [3.05, 3.63) is 48.7 Å². The molecule has 0 fully saturated rings. The first kappa shape index (κ1) is 9.59. The van der Waals surface area contributed by atoms with E-state index in [0.717, 1.165) is 16.9 Å². The molecule has 0 bridgehead atoms. The van der Waals surface area contributed by atoms with Gasteiger partial charge in [-0.2, -0.15) is 0 Å². The molecule has 1 aromatic carbocycles. The predicted molar refractivity (Wildman–Crippen MR) is 59.8 cm³/mol. The van der Waals surface area contributed by atoms with E-state index in [0.29, 0.717) is 0 Å². The monoisotopic (exact) mass is 173 g/mol. The van der Waals surface area contributed by atoms with Crippen LogP contribution in [-0.4, -0.2) is 7.05 Å². The van der Waals surface area contributed by atoms with Crippen molar-refractivity contribution in [3.8, 4) is 0 Å². The van der Waals surface area contributed by atoms with Gasteiger partial charge in [-0.3, -0.25) is 0 Å². The molecule has 0 amide bonds. The lowest BCUT2D eigenvalue weighted by molar-refractivity contribution is 1.10. The lowest BCUT2D eigenvalue weighted by atomic mass is 10.2. The Morgan fingerprint density at radius 3 is 2.23 bits per heavy atom. The van der Waals surface area contributed by atoms with Crippen LogP contribution in [-0.2, 0) is 0 Å². The number of hydrogen-bond donors (Lipinski definition) is 0. The average molecular weight is 173 g/mol. The third kappa shape index (κ3) is 2.22. The highest BCUT2D eigenvalue weighted by Crippen LogP contribution is 2.17. The molecule has 13 heavy (non-hydrogen) atoms. The van der Waals surface area contributed by atoms with Gasteiger partial charge in [-0.05, 0) is 24.6 Å². The van der Waals surface area contributed by atoms with Crippen molar-refractivity contribution in [1.82, 2.24) is 0 Å². The minimum atomic E-state index is 1.03. The summed E-state index contributed by atoms with van der Waals surface area (Å²) in [6.07, 6.45) is 1.84. The zero-order valence-electron chi connectivity index (χ0n) is 8.25. The summed E-state index contributed by atoms with van der Waals surface area (Å²) >= 11 is 0. The highest BCUT2D eigenvalue weighted by atomic mass is 15.1. The van der Waals surface area contributed by atoms with Gasteiger partial charge < -0.3 is 4.90 Å². The predicted octanol–water partition coefficient (Wildman–Crippen LogP) is 3.30. The third-order valence-electron chi connectivity index (χ3n) is 2.09. The van der Waals surface area contributed by atoms with Crippen molar-refractivity contribution >= 4 is 11.8 Å². The molecule has 1 nitrogen and oxygen atoms in total. The van der Waals surface area contributed by atoms with Gasteiger partial charge in [0.15, 0.2) is 0 Å². The minimum absolute atomic E-state index is 1.03. The molecule has 0 aliphatic carbocycles. The molecule has 1 rings (SSSR count). The number of nitrogens with zero attached hydrogens (tertiary/aromatic N) is 1. The fourth-order valence-electron chi connectivity index (χ4n) is 1.05. The Kier molecular flexibility index (Phi) is 2.91. The quantitative estimate of drug-likeness (QED) is 0.678. The highest BCUT2D eigenvalue weighted by Gasteiger charge is 1.99. The molecule has 0 saturated carbocycles. The summed E-state index contributed by atoms with van der Waals surface area (Å²) in [4.78, 5) is 2.05. The van der Waals surface area contributed by atoms with Crippen LogP contribution in [0.25, 0.3) is 6.08 Å². The Morgan fingerprint density at radius 1 is 1.31 bits per heavy atom. The molecule has 1 aromatic rings. The molecule has 0 radical (unpaired) electrons. The number of rotatable bonds is 3. The molecule has 0 saturated heterocycles. The van der Waals surface area contributed by atoms with Gasteiger partial charge in [0.25, 0.3) is 0 Å². The van der Waals surface area contributed by atoms with Crippen LogP contribution in [0.15, 0.2) is 43.1 Å². The maximum absolute atomic E-state index is 3.88. The van der Waals surface area contributed by atoms with Crippen molar-refractivity contribution in [3.63, 3.8) is 0 Å². The van der Waals surface area contributed by atoms with E-state index in [-0.39, 0.29) is 0 Å². The first-order valence-corrected chi connectivity index (χ1v) is 4.27. The zero-order valence-corrected chi connectivity index (χ0v) is 8.25. The maximum Gasteiger partial charge on any atom is 0.0405 e. The van der Waals surface area contributed by atoms with Crippen LogP contribution in [0.5, 0.6) is 0 Å². The highest BCUT2D eigenvalue weighted by molar-refractivity contribution is 5.56. The normalized spacial score (nSPS) is 9.38. The first-order valence-electron chi connectivity index (χ1n) is 4.27. The van der Waals surface area contributed by atoms with Crippen molar-refractivity contribution in [2.24, 2.45) is 0 Å². The van der Waals surface area contributed by atoms with Crippen LogP contribution in [0, 0.1) is 0 Å². The number of hydrogen-bond acceptors (Lipinski definition) is 1. The molecule has 0 N–H and O–H groups in total. The van der Waals surface area contributed by atoms with Crippen LogP contribution < -0.4 is 4.90 Å². The van der Waals surface area contributed by atoms with Gasteiger partial charge in [0.1, 0.15) is 0 Å². The van der Waals surface area contributed by atoms with Crippen molar-refractivity contribution in [1.29, 1.82) is 0 Å². The minimum Gasteiger partial charge on any atom is -0.349 e. The van der Waals surface area contributed by atoms with Gasteiger partial charge in [-0.1, -0.05) is 31.4 Å². The van der Waals surface area contributed by atoms with Gasteiger partial charge in [0.05, 0.1) is 0 Å². The Bertz CT molecular complexity index is 308. The van der Waals surface area contributed by atoms with Crippen molar-refractivity contribution in [2.75, 3.05) is 11.9 Å². The summed E-state index contributed by atoms with van der Waals surface area (Å²) in [7, 11) is 2.01. The number of benzene rings is 1. The molecule has 0 aliphatic rings. The lowest BCUT2D eigenvalue weighted by Crippen LogP contribution is -2.12. The fraction of sp³-hybridized carbons (Fsp3) is 0.167. The smallest absolute Gasteiger partial charge is 0.0405 e. The number of allylic oxidation sites excluding steroid dienone is 1. The lowest BCUT2D eigenvalue weighted by Gasteiger charge is -2.18. The Labute approximate surface area is 80.0 Å². The standard InChI is InChI=1S/C12H15N/c1-5-11-6-8-12(9-7-11)13(4)10(2)3/h5-9H,1-2H2,3-4H3. The zero-order chi connectivity index (χ0) is 9.84. The van der Waals surface area contributed by atoms with Crippen LogP contribution in [0.1, 0.15) is 12.5 Å².